The van der Waals surface area contributed by atoms with E-state index in [4.69, 9.17) is 9.47 Å². The molecule has 0 spiro atoms. The molecule has 182 valence electrons. The van der Waals surface area contributed by atoms with E-state index in [1.54, 1.807) is 23.7 Å². The van der Waals surface area contributed by atoms with Crippen molar-refractivity contribution in [3.8, 4) is 5.75 Å². The Morgan fingerprint density at radius 2 is 2.12 bits per heavy atom. The maximum atomic E-state index is 13.2. The van der Waals surface area contributed by atoms with Crippen molar-refractivity contribution < 1.29 is 31.1 Å². The second-order valence-electron chi connectivity index (χ2n) is 8.52. The van der Waals surface area contributed by atoms with Crippen LogP contribution < -0.4 is 10.1 Å². The average Bonchev–Trinajstić information content (AvgIpc) is 3.40. The van der Waals surface area contributed by atoms with Crippen LogP contribution in [0.5, 0.6) is 5.75 Å². The van der Waals surface area contributed by atoms with E-state index in [9.17, 15) is 21.6 Å². The van der Waals surface area contributed by atoms with E-state index < -0.39 is 22.8 Å². The maximum absolute atomic E-state index is 13.2. The topological polar surface area (TPSA) is 85.7 Å². The zero-order chi connectivity index (χ0) is 23.6. The molecule has 33 heavy (non-hydrogen) atoms. The zero-order valence-electron chi connectivity index (χ0n) is 18.2. The number of imidazole rings is 1. The highest BCUT2D eigenvalue weighted by atomic mass is 32.2. The van der Waals surface area contributed by atoms with Gasteiger partial charge in [-0.1, -0.05) is 6.07 Å². The molecule has 3 heterocycles. The fourth-order valence-corrected chi connectivity index (χ4v) is 5.90. The van der Waals surface area contributed by atoms with Crippen molar-refractivity contribution in [2.24, 2.45) is 18.9 Å². The smallest absolute Gasteiger partial charge is 0.422 e. The van der Waals surface area contributed by atoms with E-state index in [1.807, 2.05) is 0 Å². The van der Waals surface area contributed by atoms with Crippen LogP contribution in [0.4, 0.5) is 18.9 Å². The van der Waals surface area contributed by atoms with Gasteiger partial charge in [0.25, 0.3) is 10.0 Å². The number of nitrogens with zero attached hydrogens (tertiary/aromatic N) is 3. The summed E-state index contributed by atoms with van der Waals surface area (Å²) in [5.41, 5.74) is 0.568. The lowest BCUT2D eigenvalue weighted by Gasteiger charge is -2.31. The first-order chi connectivity index (χ1) is 15.6. The number of sulfonamides is 1. The summed E-state index contributed by atoms with van der Waals surface area (Å²) >= 11 is 0. The number of aryl methyl sites for hydroxylation is 1. The van der Waals surface area contributed by atoms with Crippen LogP contribution in [0.25, 0.3) is 0 Å². The molecule has 1 aromatic heterocycles. The monoisotopic (exact) mass is 488 g/mol. The van der Waals surface area contributed by atoms with Crippen LogP contribution >= 0.6 is 0 Å². The van der Waals surface area contributed by atoms with Crippen molar-refractivity contribution in [2.45, 2.75) is 30.1 Å². The Labute approximate surface area is 190 Å². The van der Waals surface area contributed by atoms with Crippen molar-refractivity contribution in [3.05, 3.63) is 36.8 Å². The number of alkyl halides is 3. The Morgan fingerprint density at radius 1 is 1.30 bits per heavy atom. The van der Waals surface area contributed by atoms with Crippen LogP contribution in [0.2, 0.25) is 0 Å². The number of halogens is 3. The molecular formula is C21H27F3N4O4S. The van der Waals surface area contributed by atoms with E-state index in [-0.39, 0.29) is 35.2 Å². The zero-order valence-corrected chi connectivity index (χ0v) is 19.0. The summed E-state index contributed by atoms with van der Waals surface area (Å²) in [5, 5.41) is 3.33. The third kappa shape index (κ3) is 5.79. The summed E-state index contributed by atoms with van der Waals surface area (Å²) in [6, 6.07) is 6.04. The number of benzene rings is 1. The van der Waals surface area contributed by atoms with Crippen LogP contribution in [0.15, 0.2) is 41.8 Å². The second kappa shape index (κ2) is 9.51. The van der Waals surface area contributed by atoms with Crippen LogP contribution in [-0.2, 0) is 21.8 Å². The molecule has 4 rings (SSSR count). The van der Waals surface area contributed by atoms with Gasteiger partial charge in [0.2, 0.25) is 0 Å². The molecule has 8 nitrogen and oxygen atoms in total. The number of aromatic nitrogens is 2. The molecule has 1 aromatic carbocycles. The van der Waals surface area contributed by atoms with Gasteiger partial charge in [0.1, 0.15) is 5.75 Å². The third-order valence-corrected chi connectivity index (χ3v) is 7.72. The standard InChI is InChI=1S/C21H27F3N4O4S/c1-27-11-20(25-14-27)33(29,30)28-9-18(15-4-3-7-31-12-15)19(10-28)26-16-5-2-6-17(8-16)32-13-21(22,23)24/h2,5-6,8,11,14-15,18-19,26H,3-4,7,9-10,12-13H2,1H3/t15-,18?,19?/m1/s1. The van der Waals surface area contributed by atoms with E-state index >= 15 is 0 Å². The molecule has 2 fully saturated rings. The predicted octanol–water partition coefficient (Wildman–Crippen LogP) is 2.89. The Balaban J connectivity index is 1.53. The quantitative estimate of drug-likeness (QED) is 0.645. The van der Waals surface area contributed by atoms with Crippen molar-refractivity contribution in [2.75, 3.05) is 38.2 Å². The molecule has 0 bridgehead atoms. The first kappa shape index (κ1) is 23.8. The summed E-state index contributed by atoms with van der Waals surface area (Å²) in [6.45, 7) is 0.394. The SMILES string of the molecule is Cn1cnc(S(=O)(=O)N2CC(Nc3cccc(OCC(F)(F)F)c3)C([C@@H]3CCCOC3)C2)c1. The molecule has 12 heteroatoms. The Hall–Kier alpha value is -2.31. The largest absolute Gasteiger partial charge is 0.484 e. The van der Waals surface area contributed by atoms with Crippen LogP contribution in [-0.4, -0.2) is 67.4 Å². The van der Waals surface area contributed by atoms with Crippen LogP contribution in [0.3, 0.4) is 0 Å². The molecule has 0 amide bonds. The molecule has 2 unspecified atom stereocenters. The van der Waals surface area contributed by atoms with Crippen LogP contribution in [0, 0.1) is 11.8 Å². The van der Waals surface area contributed by atoms with Gasteiger partial charge in [-0.25, -0.2) is 13.4 Å². The predicted molar refractivity (Wildman–Crippen MR) is 114 cm³/mol. The van der Waals surface area contributed by atoms with E-state index in [0.29, 0.717) is 25.4 Å². The van der Waals surface area contributed by atoms with Crippen molar-refractivity contribution in [1.29, 1.82) is 0 Å². The van der Waals surface area contributed by atoms with Gasteiger partial charge in [0.05, 0.1) is 6.33 Å². The van der Waals surface area contributed by atoms with Crippen molar-refractivity contribution in [3.63, 3.8) is 0 Å². The molecule has 0 saturated carbocycles. The molecule has 2 aliphatic rings. The van der Waals surface area contributed by atoms with Crippen molar-refractivity contribution in [1.82, 2.24) is 13.9 Å². The molecule has 1 N–H and O–H groups in total. The highest BCUT2D eigenvalue weighted by Gasteiger charge is 2.44. The highest BCUT2D eigenvalue weighted by molar-refractivity contribution is 7.89. The van der Waals surface area contributed by atoms with Crippen LogP contribution in [0.1, 0.15) is 12.8 Å². The second-order valence-corrected chi connectivity index (χ2v) is 10.4. The van der Waals surface area contributed by atoms with E-state index in [1.165, 1.54) is 29.0 Å². The number of rotatable bonds is 7. The van der Waals surface area contributed by atoms with Gasteiger partial charge < -0.3 is 19.4 Å². The fraction of sp³-hybridized carbons (Fsp3) is 0.571. The summed E-state index contributed by atoms with van der Waals surface area (Å²) < 4.78 is 77.4. The number of ether oxygens (including phenoxy) is 2. The number of anilines is 1. The molecule has 2 aromatic rings. The lowest BCUT2D eigenvalue weighted by molar-refractivity contribution is -0.153. The fourth-order valence-electron chi connectivity index (χ4n) is 4.43. The van der Waals surface area contributed by atoms with Gasteiger partial charge >= 0.3 is 6.18 Å². The summed E-state index contributed by atoms with van der Waals surface area (Å²) in [4.78, 5) is 4.01. The number of hydrogen-bond donors (Lipinski definition) is 1. The van der Waals surface area contributed by atoms with Gasteiger partial charge in [-0.05, 0) is 36.8 Å². The minimum absolute atomic E-state index is 0.00755. The lowest BCUT2D eigenvalue weighted by atomic mass is 9.84. The Bertz CT molecular complexity index is 1050. The maximum Gasteiger partial charge on any atom is 0.422 e. The summed E-state index contributed by atoms with van der Waals surface area (Å²) in [7, 11) is -2.07. The van der Waals surface area contributed by atoms with Gasteiger partial charge in [0.15, 0.2) is 11.6 Å². The molecule has 0 aliphatic carbocycles. The Morgan fingerprint density at radius 3 is 2.79 bits per heavy atom. The number of nitrogens with one attached hydrogen (secondary N) is 1. The summed E-state index contributed by atoms with van der Waals surface area (Å²) in [5.74, 6) is 0.235. The minimum atomic E-state index is -4.43. The molecule has 2 saturated heterocycles. The van der Waals surface area contributed by atoms with Crippen molar-refractivity contribution >= 4 is 15.7 Å². The Kier molecular flexibility index (Phi) is 6.87. The summed E-state index contributed by atoms with van der Waals surface area (Å²) in [6.07, 6.45) is 0.311. The van der Waals surface area contributed by atoms with E-state index in [2.05, 4.69) is 10.3 Å². The van der Waals surface area contributed by atoms with Gasteiger partial charge in [0, 0.05) is 57.3 Å². The minimum Gasteiger partial charge on any atom is -0.484 e. The first-order valence-electron chi connectivity index (χ1n) is 10.7. The highest BCUT2D eigenvalue weighted by Crippen LogP contribution is 2.35. The third-order valence-electron chi connectivity index (χ3n) is 6.01. The molecule has 2 aliphatic heterocycles. The molecule has 3 atom stereocenters. The first-order valence-corrected chi connectivity index (χ1v) is 12.2. The lowest BCUT2D eigenvalue weighted by Crippen LogP contribution is -2.36. The van der Waals surface area contributed by atoms with E-state index in [0.717, 1.165) is 12.8 Å². The van der Waals surface area contributed by atoms with Gasteiger partial charge in [-0.3, -0.25) is 0 Å². The molecular weight excluding hydrogens is 461 g/mol. The van der Waals surface area contributed by atoms with Gasteiger partial charge in [-0.2, -0.15) is 17.5 Å². The normalized spacial score (nSPS) is 24.7. The number of hydrogen-bond acceptors (Lipinski definition) is 6. The molecule has 0 radical (unpaired) electrons. The average molecular weight is 489 g/mol. The van der Waals surface area contributed by atoms with Gasteiger partial charge in [-0.15, -0.1) is 0 Å².